The minimum atomic E-state index is -0.109. The fourth-order valence-corrected chi connectivity index (χ4v) is 2.46. The van der Waals surface area contributed by atoms with Gasteiger partial charge in [0.1, 0.15) is 5.82 Å². The summed E-state index contributed by atoms with van der Waals surface area (Å²) in [5, 5.41) is 13.0. The van der Waals surface area contributed by atoms with Gasteiger partial charge in [-0.25, -0.2) is 4.98 Å². The second-order valence-electron chi connectivity index (χ2n) is 4.82. The van der Waals surface area contributed by atoms with E-state index in [9.17, 15) is 5.11 Å². The van der Waals surface area contributed by atoms with Crippen molar-refractivity contribution in [2.24, 2.45) is 0 Å². The number of hydrogen-bond acceptors (Lipinski definition) is 3. The fraction of sp³-hybridized carbons (Fsp3) is 0.786. The van der Waals surface area contributed by atoms with Crippen molar-refractivity contribution in [2.75, 3.05) is 13.2 Å². The number of aliphatic hydroxyl groups is 1. The number of aryl methyl sites for hydroxylation is 2. The maximum atomic E-state index is 9.58. The van der Waals surface area contributed by atoms with E-state index in [1.54, 1.807) is 0 Å². The molecule has 104 valence electrons. The molecule has 1 rings (SSSR count). The minimum Gasteiger partial charge on any atom is -0.394 e. The van der Waals surface area contributed by atoms with Gasteiger partial charge in [-0.2, -0.15) is 0 Å². The van der Waals surface area contributed by atoms with Gasteiger partial charge in [0.2, 0.25) is 0 Å². The number of likely N-dealkylation sites (N-methyl/N-ethyl adjacent to an activating group) is 1. The highest BCUT2D eigenvalue weighted by Gasteiger charge is 2.25. The maximum Gasteiger partial charge on any atom is 0.108 e. The zero-order chi connectivity index (χ0) is 13.4. The molecule has 1 heterocycles. The number of hydrogen-bond donors (Lipinski definition) is 2. The number of rotatable bonds is 9. The molecule has 0 aliphatic heterocycles. The number of nitrogens with one attached hydrogen (secondary N) is 1. The summed E-state index contributed by atoms with van der Waals surface area (Å²) in [5.41, 5.74) is -0.109. The van der Waals surface area contributed by atoms with Crippen LogP contribution in [0.4, 0.5) is 0 Å². The molecular weight excluding hydrogens is 226 g/mol. The van der Waals surface area contributed by atoms with Gasteiger partial charge < -0.3 is 15.0 Å². The molecule has 4 heteroatoms. The van der Waals surface area contributed by atoms with Crippen LogP contribution in [-0.4, -0.2) is 33.3 Å². The van der Waals surface area contributed by atoms with Gasteiger partial charge >= 0.3 is 0 Å². The van der Waals surface area contributed by atoms with Crippen LogP contribution >= 0.6 is 0 Å². The molecular formula is C14H27N3O. The molecule has 2 N–H and O–H groups in total. The molecule has 0 bridgehead atoms. The Bertz CT molecular complexity index is 332. The Hall–Kier alpha value is -0.870. The van der Waals surface area contributed by atoms with Crippen molar-refractivity contribution >= 4 is 0 Å². The lowest BCUT2D eigenvalue weighted by molar-refractivity contribution is 0.144. The Labute approximate surface area is 110 Å². The van der Waals surface area contributed by atoms with E-state index in [2.05, 4.69) is 35.6 Å². The average molecular weight is 253 g/mol. The summed E-state index contributed by atoms with van der Waals surface area (Å²) in [6, 6.07) is 0. The zero-order valence-electron chi connectivity index (χ0n) is 11.9. The van der Waals surface area contributed by atoms with E-state index >= 15 is 0 Å². The van der Waals surface area contributed by atoms with Crippen LogP contribution in [0.25, 0.3) is 0 Å². The number of nitrogens with zero attached hydrogens (tertiary/aromatic N) is 2. The van der Waals surface area contributed by atoms with Crippen molar-refractivity contribution in [2.45, 2.75) is 58.5 Å². The van der Waals surface area contributed by atoms with E-state index in [0.29, 0.717) is 0 Å². The summed E-state index contributed by atoms with van der Waals surface area (Å²) in [6.07, 6.45) is 7.89. The first-order valence-corrected chi connectivity index (χ1v) is 7.07. The third-order valence-corrected chi connectivity index (χ3v) is 3.70. The molecule has 0 aliphatic rings. The van der Waals surface area contributed by atoms with Crippen molar-refractivity contribution in [3.05, 3.63) is 18.2 Å². The maximum absolute atomic E-state index is 9.58. The van der Waals surface area contributed by atoms with Crippen molar-refractivity contribution < 1.29 is 5.11 Å². The molecule has 0 aliphatic carbocycles. The Morgan fingerprint density at radius 2 is 2.17 bits per heavy atom. The van der Waals surface area contributed by atoms with Crippen molar-refractivity contribution in [3.8, 4) is 0 Å². The molecule has 0 amide bonds. The molecule has 0 fully saturated rings. The van der Waals surface area contributed by atoms with E-state index in [1.165, 1.54) is 0 Å². The molecule has 0 saturated heterocycles. The lowest BCUT2D eigenvalue weighted by Crippen LogP contribution is -2.48. The first-order chi connectivity index (χ1) is 8.71. The van der Waals surface area contributed by atoms with Crippen LogP contribution in [0, 0.1) is 0 Å². The van der Waals surface area contributed by atoms with Gasteiger partial charge in [-0.3, -0.25) is 0 Å². The normalized spacial score (nSPS) is 14.7. The average Bonchev–Trinajstić information content (AvgIpc) is 2.85. The highest BCUT2D eigenvalue weighted by molar-refractivity contribution is 4.92. The summed E-state index contributed by atoms with van der Waals surface area (Å²) < 4.78 is 2.21. The fourth-order valence-electron chi connectivity index (χ4n) is 2.46. The van der Waals surface area contributed by atoms with Crippen LogP contribution in [0.15, 0.2) is 12.4 Å². The van der Waals surface area contributed by atoms with Gasteiger partial charge in [0, 0.05) is 30.9 Å². The standard InChI is InChI=1S/C14H27N3O/c1-4-13-15-9-11-17(13)10-7-8-14(5-2,12-18)16-6-3/h9,11,16,18H,4-8,10,12H2,1-3H3. The Kier molecular flexibility index (Phi) is 6.36. The van der Waals surface area contributed by atoms with Crippen LogP contribution in [0.2, 0.25) is 0 Å². The second kappa shape index (κ2) is 7.54. The van der Waals surface area contributed by atoms with Crippen LogP contribution in [0.5, 0.6) is 0 Å². The third-order valence-electron chi connectivity index (χ3n) is 3.70. The van der Waals surface area contributed by atoms with Crippen LogP contribution in [0.3, 0.4) is 0 Å². The largest absolute Gasteiger partial charge is 0.394 e. The molecule has 1 aromatic rings. The molecule has 4 nitrogen and oxygen atoms in total. The van der Waals surface area contributed by atoms with Gasteiger partial charge in [0.25, 0.3) is 0 Å². The van der Waals surface area contributed by atoms with Crippen LogP contribution in [0.1, 0.15) is 45.9 Å². The monoisotopic (exact) mass is 253 g/mol. The predicted molar refractivity (Wildman–Crippen MR) is 74.6 cm³/mol. The molecule has 0 saturated carbocycles. The summed E-state index contributed by atoms with van der Waals surface area (Å²) in [7, 11) is 0. The molecule has 0 spiro atoms. The molecule has 0 radical (unpaired) electrons. The summed E-state index contributed by atoms with van der Waals surface area (Å²) in [5.74, 6) is 1.14. The predicted octanol–water partition coefficient (Wildman–Crippen LogP) is 1.98. The van der Waals surface area contributed by atoms with E-state index in [0.717, 1.165) is 44.6 Å². The third kappa shape index (κ3) is 3.82. The molecule has 1 aromatic heterocycles. The SMILES string of the molecule is CCNC(CC)(CO)CCCn1ccnc1CC. The smallest absolute Gasteiger partial charge is 0.108 e. The van der Waals surface area contributed by atoms with Gasteiger partial charge in [-0.05, 0) is 25.8 Å². The quantitative estimate of drug-likeness (QED) is 0.707. The molecule has 0 aromatic carbocycles. The van der Waals surface area contributed by atoms with Gasteiger partial charge in [-0.1, -0.05) is 20.8 Å². The lowest BCUT2D eigenvalue weighted by atomic mass is 9.91. The summed E-state index contributed by atoms with van der Waals surface area (Å²) in [6.45, 7) is 8.44. The molecule has 1 unspecified atom stereocenters. The molecule has 1 atom stereocenters. The number of aromatic nitrogens is 2. The van der Waals surface area contributed by atoms with Crippen LogP contribution < -0.4 is 5.32 Å². The Balaban J connectivity index is 2.48. The zero-order valence-corrected chi connectivity index (χ0v) is 11.9. The van der Waals surface area contributed by atoms with E-state index in [-0.39, 0.29) is 12.1 Å². The van der Waals surface area contributed by atoms with Crippen molar-refractivity contribution in [3.63, 3.8) is 0 Å². The first kappa shape index (κ1) is 15.2. The number of imidazole rings is 1. The van der Waals surface area contributed by atoms with Crippen molar-refractivity contribution in [1.29, 1.82) is 0 Å². The van der Waals surface area contributed by atoms with Gasteiger partial charge in [0.15, 0.2) is 0 Å². The highest BCUT2D eigenvalue weighted by Crippen LogP contribution is 2.17. The topological polar surface area (TPSA) is 50.1 Å². The van der Waals surface area contributed by atoms with E-state index in [4.69, 9.17) is 0 Å². The van der Waals surface area contributed by atoms with Gasteiger partial charge in [0.05, 0.1) is 6.61 Å². The van der Waals surface area contributed by atoms with E-state index in [1.807, 2.05) is 12.4 Å². The highest BCUT2D eigenvalue weighted by atomic mass is 16.3. The summed E-state index contributed by atoms with van der Waals surface area (Å²) >= 11 is 0. The summed E-state index contributed by atoms with van der Waals surface area (Å²) in [4.78, 5) is 4.32. The van der Waals surface area contributed by atoms with Crippen LogP contribution in [-0.2, 0) is 13.0 Å². The Morgan fingerprint density at radius 3 is 2.72 bits per heavy atom. The number of aliphatic hydroxyl groups excluding tert-OH is 1. The second-order valence-corrected chi connectivity index (χ2v) is 4.82. The molecule has 18 heavy (non-hydrogen) atoms. The van der Waals surface area contributed by atoms with Gasteiger partial charge in [-0.15, -0.1) is 0 Å². The minimum absolute atomic E-state index is 0.109. The van der Waals surface area contributed by atoms with E-state index < -0.39 is 0 Å². The Morgan fingerprint density at radius 1 is 1.39 bits per heavy atom. The lowest BCUT2D eigenvalue weighted by Gasteiger charge is -2.32. The van der Waals surface area contributed by atoms with Crippen molar-refractivity contribution in [1.82, 2.24) is 14.9 Å². The first-order valence-electron chi connectivity index (χ1n) is 7.07.